The summed E-state index contributed by atoms with van der Waals surface area (Å²) in [6.07, 6.45) is -0.935. The van der Waals surface area contributed by atoms with Gasteiger partial charge in [0, 0.05) is 6.54 Å². The molecule has 0 aromatic heterocycles. The van der Waals surface area contributed by atoms with Crippen LogP contribution in [0.25, 0.3) is 0 Å². The van der Waals surface area contributed by atoms with Gasteiger partial charge in [-0.15, -0.1) is 0 Å². The first kappa shape index (κ1) is 14.5. The number of carbonyl (C=O) groups excluding carboxylic acids is 1. The summed E-state index contributed by atoms with van der Waals surface area (Å²) in [5.41, 5.74) is 2.11. The monoisotopic (exact) mass is 253 g/mol. The number of amides is 1. The van der Waals surface area contributed by atoms with Crippen LogP contribution in [0.4, 0.5) is 0 Å². The second-order valence-electron chi connectivity index (χ2n) is 4.20. The molecule has 0 fully saturated rings. The molecule has 1 atom stereocenters. The van der Waals surface area contributed by atoms with Gasteiger partial charge in [-0.05, 0) is 25.5 Å². The molecule has 1 amide bonds. The Morgan fingerprint density at radius 2 is 2.17 bits per heavy atom. The molecule has 0 radical (unpaired) electrons. The van der Waals surface area contributed by atoms with Crippen molar-refractivity contribution < 1.29 is 19.7 Å². The van der Waals surface area contributed by atoms with Crippen LogP contribution in [0.5, 0.6) is 5.75 Å². The van der Waals surface area contributed by atoms with Gasteiger partial charge in [0.1, 0.15) is 5.75 Å². The van der Waals surface area contributed by atoms with Crippen molar-refractivity contribution in [3.05, 3.63) is 29.3 Å². The number of hydrogen-bond donors (Lipinski definition) is 3. The summed E-state index contributed by atoms with van der Waals surface area (Å²) < 4.78 is 5.36. The van der Waals surface area contributed by atoms with E-state index >= 15 is 0 Å². The normalized spacial score (nSPS) is 12.0. The van der Waals surface area contributed by atoms with E-state index in [1.165, 1.54) is 0 Å². The van der Waals surface area contributed by atoms with Gasteiger partial charge in [-0.1, -0.05) is 17.7 Å². The number of benzene rings is 1. The van der Waals surface area contributed by atoms with Crippen LogP contribution in [0, 0.1) is 13.8 Å². The molecule has 1 aromatic carbocycles. The number of ether oxygens (including phenoxy) is 1. The lowest BCUT2D eigenvalue weighted by atomic mass is 10.1. The fourth-order valence-corrected chi connectivity index (χ4v) is 1.45. The number of hydrogen-bond acceptors (Lipinski definition) is 4. The molecular weight excluding hydrogens is 234 g/mol. The minimum Gasteiger partial charge on any atom is -0.484 e. The third kappa shape index (κ3) is 4.73. The Hall–Kier alpha value is -1.59. The summed E-state index contributed by atoms with van der Waals surface area (Å²) in [4.78, 5) is 11.4. The predicted octanol–water partition coefficient (Wildman–Crippen LogP) is 0.152. The highest BCUT2D eigenvalue weighted by Crippen LogP contribution is 2.18. The van der Waals surface area contributed by atoms with Crippen LogP contribution < -0.4 is 10.1 Å². The first-order valence-corrected chi connectivity index (χ1v) is 5.78. The minimum absolute atomic E-state index is 0.0194. The van der Waals surface area contributed by atoms with Crippen LogP contribution in [0.3, 0.4) is 0 Å². The molecule has 3 N–H and O–H groups in total. The van der Waals surface area contributed by atoms with E-state index in [2.05, 4.69) is 5.32 Å². The van der Waals surface area contributed by atoms with Gasteiger partial charge in [-0.2, -0.15) is 0 Å². The highest BCUT2D eigenvalue weighted by atomic mass is 16.5. The predicted molar refractivity (Wildman–Crippen MR) is 67.5 cm³/mol. The number of carbonyl (C=O) groups is 1. The Morgan fingerprint density at radius 1 is 1.44 bits per heavy atom. The summed E-state index contributed by atoms with van der Waals surface area (Å²) >= 11 is 0. The molecule has 5 nitrogen and oxygen atoms in total. The fourth-order valence-electron chi connectivity index (χ4n) is 1.45. The van der Waals surface area contributed by atoms with Crippen molar-refractivity contribution in [2.75, 3.05) is 19.8 Å². The Labute approximate surface area is 106 Å². The molecule has 0 aliphatic heterocycles. The highest BCUT2D eigenvalue weighted by molar-refractivity contribution is 5.77. The lowest BCUT2D eigenvalue weighted by Gasteiger charge is -2.11. The van der Waals surface area contributed by atoms with Gasteiger partial charge in [0.25, 0.3) is 5.91 Å². The number of aliphatic hydroxyl groups is 2. The van der Waals surface area contributed by atoms with Gasteiger partial charge < -0.3 is 20.3 Å². The molecule has 0 saturated carbocycles. The quantitative estimate of drug-likeness (QED) is 0.674. The van der Waals surface area contributed by atoms with Crippen molar-refractivity contribution in [2.24, 2.45) is 0 Å². The number of aryl methyl sites for hydroxylation is 2. The zero-order valence-electron chi connectivity index (χ0n) is 10.6. The molecule has 0 aliphatic carbocycles. The maximum absolute atomic E-state index is 11.4. The van der Waals surface area contributed by atoms with Crippen molar-refractivity contribution in [3.8, 4) is 5.75 Å². The average molecular weight is 253 g/mol. The molecule has 0 spiro atoms. The van der Waals surface area contributed by atoms with Crippen molar-refractivity contribution in [2.45, 2.75) is 20.0 Å². The maximum Gasteiger partial charge on any atom is 0.258 e. The van der Waals surface area contributed by atoms with E-state index in [9.17, 15) is 4.79 Å². The molecule has 5 heteroatoms. The Kier molecular flexibility index (Phi) is 5.61. The van der Waals surface area contributed by atoms with E-state index in [0.29, 0.717) is 5.75 Å². The van der Waals surface area contributed by atoms with Gasteiger partial charge in [0.15, 0.2) is 6.61 Å². The van der Waals surface area contributed by atoms with E-state index in [1.54, 1.807) is 0 Å². The summed E-state index contributed by atoms with van der Waals surface area (Å²) in [6.45, 7) is 3.43. The van der Waals surface area contributed by atoms with E-state index in [4.69, 9.17) is 14.9 Å². The van der Waals surface area contributed by atoms with E-state index in [-0.39, 0.29) is 25.7 Å². The molecule has 0 saturated heterocycles. The van der Waals surface area contributed by atoms with Gasteiger partial charge in [-0.25, -0.2) is 0 Å². The topological polar surface area (TPSA) is 78.8 Å². The Bertz CT molecular complexity index is 406. The number of aliphatic hydroxyl groups excluding tert-OH is 2. The number of nitrogens with one attached hydrogen (secondary N) is 1. The van der Waals surface area contributed by atoms with Gasteiger partial charge in [-0.3, -0.25) is 4.79 Å². The average Bonchev–Trinajstić information content (AvgIpc) is 2.34. The molecule has 100 valence electrons. The van der Waals surface area contributed by atoms with Crippen LogP contribution in [0.15, 0.2) is 18.2 Å². The third-order valence-electron chi connectivity index (χ3n) is 2.43. The van der Waals surface area contributed by atoms with Gasteiger partial charge >= 0.3 is 0 Å². The molecule has 0 heterocycles. The van der Waals surface area contributed by atoms with Crippen LogP contribution in [-0.2, 0) is 4.79 Å². The Morgan fingerprint density at radius 3 is 2.78 bits per heavy atom. The smallest absolute Gasteiger partial charge is 0.258 e. The zero-order valence-corrected chi connectivity index (χ0v) is 10.6. The largest absolute Gasteiger partial charge is 0.484 e. The van der Waals surface area contributed by atoms with Crippen LogP contribution in [0.2, 0.25) is 0 Å². The third-order valence-corrected chi connectivity index (χ3v) is 2.43. The van der Waals surface area contributed by atoms with Gasteiger partial charge in [0.2, 0.25) is 0 Å². The summed E-state index contributed by atoms with van der Waals surface area (Å²) in [5, 5.41) is 20.1. The molecule has 0 aliphatic rings. The lowest BCUT2D eigenvalue weighted by Crippen LogP contribution is -2.36. The standard InChI is InChI=1S/C13H19NO4/c1-9-3-4-12(10(2)5-9)18-8-13(17)14-6-11(16)7-15/h3-5,11,15-16H,6-8H2,1-2H3,(H,14,17). The van der Waals surface area contributed by atoms with Crippen LogP contribution >= 0.6 is 0 Å². The number of rotatable bonds is 6. The van der Waals surface area contributed by atoms with Gasteiger partial charge in [0.05, 0.1) is 12.7 Å². The van der Waals surface area contributed by atoms with Crippen LogP contribution in [-0.4, -0.2) is 42.0 Å². The molecular formula is C13H19NO4. The van der Waals surface area contributed by atoms with Crippen molar-refractivity contribution in [1.82, 2.24) is 5.32 Å². The maximum atomic E-state index is 11.4. The molecule has 18 heavy (non-hydrogen) atoms. The Balaban J connectivity index is 2.38. The lowest BCUT2D eigenvalue weighted by molar-refractivity contribution is -0.123. The first-order chi connectivity index (χ1) is 8.52. The van der Waals surface area contributed by atoms with E-state index < -0.39 is 6.10 Å². The van der Waals surface area contributed by atoms with E-state index in [0.717, 1.165) is 11.1 Å². The van der Waals surface area contributed by atoms with E-state index in [1.807, 2.05) is 32.0 Å². The minimum atomic E-state index is -0.935. The van der Waals surface area contributed by atoms with Crippen molar-refractivity contribution >= 4 is 5.91 Å². The second kappa shape index (κ2) is 6.98. The molecule has 1 unspecified atom stereocenters. The summed E-state index contributed by atoms with van der Waals surface area (Å²) in [6, 6.07) is 5.71. The summed E-state index contributed by atoms with van der Waals surface area (Å²) in [7, 11) is 0. The molecule has 1 rings (SSSR count). The zero-order chi connectivity index (χ0) is 13.5. The molecule has 1 aromatic rings. The first-order valence-electron chi connectivity index (χ1n) is 5.78. The highest BCUT2D eigenvalue weighted by Gasteiger charge is 2.07. The SMILES string of the molecule is Cc1ccc(OCC(=O)NCC(O)CO)c(C)c1. The molecule has 0 bridgehead atoms. The second-order valence-corrected chi connectivity index (χ2v) is 4.20. The fraction of sp³-hybridized carbons (Fsp3) is 0.462. The summed E-state index contributed by atoms with van der Waals surface area (Å²) in [5.74, 6) is 0.334. The van der Waals surface area contributed by atoms with Crippen molar-refractivity contribution in [3.63, 3.8) is 0 Å². The van der Waals surface area contributed by atoms with Crippen LogP contribution in [0.1, 0.15) is 11.1 Å². The van der Waals surface area contributed by atoms with Crippen molar-refractivity contribution in [1.29, 1.82) is 0 Å².